The Kier molecular flexibility index (Phi) is 3.94. The molecule has 3 nitrogen and oxygen atoms in total. The van der Waals surface area contributed by atoms with Gasteiger partial charge in [0, 0.05) is 5.88 Å². The molecule has 0 saturated carbocycles. The van der Waals surface area contributed by atoms with Gasteiger partial charge >= 0.3 is 0 Å². The number of alkyl halides is 1. The van der Waals surface area contributed by atoms with E-state index in [-0.39, 0.29) is 11.8 Å². The number of nitrogens with one attached hydrogen (secondary N) is 1. The Morgan fingerprint density at radius 2 is 2.20 bits per heavy atom. The number of aromatic nitrogens is 1. The Balaban J connectivity index is 2.75. The van der Waals surface area contributed by atoms with Crippen molar-refractivity contribution >= 4 is 34.9 Å². The third-order valence-electron chi connectivity index (χ3n) is 1.91. The second kappa shape index (κ2) is 4.81. The monoisotopic (exact) mass is 246 g/mol. The maximum Gasteiger partial charge on any atom is 0.232 e. The van der Waals surface area contributed by atoms with E-state index in [1.54, 1.807) is 32.0 Å². The van der Waals surface area contributed by atoms with Crippen LogP contribution in [0.25, 0.3) is 0 Å². The van der Waals surface area contributed by atoms with Gasteiger partial charge in [-0.2, -0.15) is 0 Å². The van der Waals surface area contributed by atoms with Crippen molar-refractivity contribution in [2.24, 2.45) is 5.41 Å². The third-order valence-corrected chi connectivity index (χ3v) is 2.78. The number of hydrogen-bond donors (Lipinski definition) is 1. The van der Waals surface area contributed by atoms with Crippen LogP contribution in [0, 0.1) is 5.41 Å². The van der Waals surface area contributed by atoms with Crippen LogP contribution in [0.1, 0.15) is 13.8 Å². The van der Waals surface area contributed by atoms with Gasteiger partial charge < -0.3 is 5.32 Å². The van der Waals surface area contributed by atoms with Crippen LogP contribution in [0.3, 0.4) is 0 Å². The molecule has 15 heavy (non-hydrogen) atoms. The standard InChI is InChI=1S/C10H12Cl2N2O/c1-10(2,6-11)9(15)14-8-5-3-4-7(12)13-8/h3-5H,6H2,1-2H3,(H,13,14,15). The maximum absolute atomic E-state index is 11.7. The Bertz CT molecular complexity index is 366. The minimum absolute atomic E-state index is 0.174. The van der Waals surface area contributed by atoms with Crippen LogP contribution in [0.15, 0.2) is 18.2 Å². The molecule has 0 unspecified atom stereocenters. The molecule has 0 aromatic carbocycles. The van der Waals surface area contributed by atoms with Crippen molar-refractivity contribution in [1.29, 1.82) is 0 Å². The summed E-state index contributed by atoms with van der Waals surface area (Å²) in [6.07, 6.45) is 0. The summed E-state index contributed by atoms with van der Waals surface area (Å²) in [6.45, 7) is 3.53. The van der Waals surface area contributed by atoms with Crippen LogP contribution >= 0.6 is 23.2 Å². The summed E-state index contributed by atoms with van der Waals surface area (Å²) >= 11 is 11.4. The van der Waals surface area contributed by atoms with Gasteiger partial charge in [0.15, 0.2) is 0 Å². The fraction of sp³-hybridized carbons (Fsp3) is 0.400. The van der Waals surface area contributed by atoms with Crippen molar-refractivity contribution in [3.05, 3.63) is 23.4 Å². The molecule has 0 fully saturated rings. The van der Waals surface area contributed by atoms with Gasteiger partial charge in [-0.15, -0.1) is 11.6 Å². The van der Waals surface area contributed by atoms with E-state index in [2.05, 4.69) is 10.3 Å². The van der Waals surface area contributed by atoms with Crippen LogP contribution in [-0.4, -0.2) is 16.8 Å². The first-order valence-electron chi connectivity index (χ1n) is 4.46. The molecule has 0 aliphatic carbocycles. The summed E-state index contributed by atoms with van der Waals surface area (Å²) in [5.41, 5.74) is -0.619. The number of hydrogen-bond acceptors (Lipinski definition) is 2. The van der Waals surface area contributed by atoms with E-state index in [1.807, 2.05) is 0 Å². The van der Waals surface area contributed by atoms with E-state index in [0.29, 0.717) is 11.0 Å². The SMILES string of the molecule is CC(C)(CCl)C(=O)Nc1cccc(Cl)n1. The topological polar surface area (TPSA) is 42.0 Å². The lowest BCUT2D eigenvalue weighted by atomic mass is 9.95. The molecule has 0 radical (unpaired) electrons. The molecule has 1 amide bonds. The highest BCUT2D eigenvalue weighted by atomic mass is 35.5. The minimum atomic E-state index is -0.619. The van der Waals surface area contributed by atoms with Crippen LogP contribution < -0.4 is 5.32 Å². The van der Waals surface area contributed by atoms with E-state index < -0.39 is 5.41 Å². The number of anilines is 1. The molecule has 1 aromatic heterocycles. The second-order valence-electron chi connectivity index (χ2n) is 3.82. The van der Waals surface area contributed by atoms with Gasteiger partial charge in [-0.3, -0.25) is 4.79 Å². The van der Waals surface area contributed by atoms with E-state index >= 15 is 0 Å². The van der Waals surface area contributed by atoms with Crippen LogP contribution in [-0.2, 0) is 4.79 Å². The molecule has 1 N–H and O–H groups in total. The fourth-order valence-corrected chi connectivity index (χ4v) is 1.11. The van der Waals surface area contributed by atoms with E-state index in [1.165, 1.54) is 0 Å². The summed E-state index contributed by atoms with van der Waals surface area (Å²) in [5.74, 6) is 0.511. The van der Waals surface area contributed by atoms with Gasteiger partial charge in [0.25, 0.3) is 0 Å². The molecular weight excluding hydrogens is 235 g/mol. The largest absolute Gasteiger partial charge is 0.310 e. The molecule has 0 bridgehead atoms. The zero-order valence-corrected chi connectivity index (χ0v) is 10.1. The summed E-state index contributed by atoms with van der Waals surface area (Å²) in [6, 6.07) is 5.04. The highest BCUT2D eigenvalue weighted by Crippen LogP contribution is 2.19. The van der Waals surface area contributed by atoms with Crippen molar-refractivity contribution in [3.63, 3.8) is 0 Å². The lowest BCUT2D eigenvalue weighted by Crippen LogP contribution is -2.32. The van der Waals surface area contributed by atoms with Gasteiger partial charge in [0.05, 0.1) is 5.41 Å². The zero-order chi connectivity index (χ0) is 11.5. The maximum atomic E-state index is 11.7. The van der Waals surface area contributed by atoms with E-state index in [4.69, 9.17) is 23.2 Å². The summed E-state index contributed by atoms with van der Waals surface area (Å²) in [7, 11) is 0. The first kappa shape index (κ1) is 12.3. The number of pyridine rings is 1. The molecule has 1 rings (SSSR count). The number of rotatable bonds is 3. The second-order valence-corrected chi connectivity index (χ2v) is 4.47. The summed E-state index contributed by atoms with van der Waals surface area (Å²) < 4.78 is 0. The lowest BCUT2D eigenvalue weighted by Gasteiger charge is -2.19. The third kappa shape index (κ3) is 3.36. The predicted molar refractivity (Wildman–Crippen MR) is 62.4 cm³/mol. The average Bonchev–Trinajstić information content (AvgIpc) is 2.17. The number of halogens is 2. The number of carbonyl (C=O) groups excluding carboxylic acids is 1. The van der Waals surface area contributed by atoms with Crippen molar-refractivity contribution in [2.75, 3.05) is 11.2 Å². The Hall–Kier alpha value is -0.800. The highest BCUT2D eigenvalue weighted by molar-refractivity contribution is 6.29. The molecule has 1 heterocycles. The lowest BCUT2D eigenvalue weighted by molar-refractivity contribution is -0.123. The minimum Gasteiger partial charge on any atom is -0.310 e. The Labute approximate surface area is 98.8 Å². The van der Waals surface area contributed by atoms with E-state index in [0.717, 1.165) is 0 Å². The molecular formula is C10H12Cl2N2O. The van der Waals surface area contributed by atoms with Crippen LogP contribution in [0.2, 0.25) is 5.15 Å². The van der Waals surface area contributed by atoms with Gasteiger partial charge in [0.2, 0.25) is 5.91 Å². The summed E-state index contributed by atoms with van der Waals surface area (Å²) in [4.78, 5) is 15.6. The van der Waals surface area contributed by atoms with Crippen molar-refractivity contribution in [1.82, 2.24) is 4.98 Å². The quantitative estimate of drug-likeness (QED) is 0.659. The number of carbonyl (C=O) groups is 1. The molecule has 0 aliphatic heterocycles. The van der Waals surface area contributed by atoms with Gasteiger partial charge in [-0.1, -0.05) is 17.7 Å². The van der Waals surface area contributed by atoms with Crippen molar-refractivity contribution in [2.45, 2.75) is 13.8 Å². The Morgan fingerprint density at radius 1 is 1.53 bits per heavy atom. The predicted octanol–water partition coefficient (Wildman–Crippen LogP) is 2.94. The van der Waals surface area contributed by atoms with E-state index in [9.17, 15) is 4.79 Å². The number of amides is 1. The average molecular weight is 247 g/mol. The van der Waals surface area contributed by atoms with Gasteiger partial charge in [0.1, 0.15) is 11.0 Å². The highest BCUT2D eigenvalue weighted by Gasteiger charge is 2.26. The van der Waals surface area contributed by atoms with Crippen LogP contribution in [0.4, 0.5) is 5.82 Å². The Morgan fingerprint density at radius 3 is 2.73 bits per heavy atom. The normalized spacial score (nSPS) is 11.2. The first-order chi connectivity index (χ1) is 6.95. The molecule has 1 aromatic rings. The first-order valence-corrected chi connectivity index (χ1v) is 5.37. The zero-order valence-electron chi connectivity index (χ0n) is 8.55. The smallest absolute Gasteiger partial charge is 0.232 e. The molecule has 0 atom stereocenters. The van der Waals surface area contributed by atoms with Gasteiger partial charge in [-0.05, 0) is 26.0 Å². The van der Waals surface area contributed by atoms with Crippen LogP contribution in [0.5, 0.6) is 0 Å². The van der Waals surface area contributed by atoms with Crippen molar-refractivity contribution < 1.29 is 4.79 Å². The summed E-state index contributed by atoms with van der Waals surface area (Å²) in [5, 5.41) is 3.00. The number of nitrogens with zero attached hydrogens (tertiary/aromatic N) is 1. The van der Waals surface area contributed by atoms with Gasteiger partial charge in [-0.25, -0.2) is 4.98 Å². The molecule has 0 saturated heterocycles. The molecule has 5 heteroatoms. The molecule has 0 aliphatic rings. The molecule has 82 valence electrons. The van der Waals surface area contributed by atoms with Crippen molar-refractivity contribution in [3.8, 4) is 0 Å². The fourth-order valence-electron chi connectivity index (χ4n) is 0.824. The molecule has 0 spiro atoms.